The maximum absolute atomic E-state index is 12.5. The summed E-state index contributed by atoms with van der Waals surface area (Å²) < 4.78 is 27.7. The van der Waals surface area contributed by atoms with Crippen LogP contribution in [0.3, 0.4) is 0 Å². The van der Waals surface area contributed by atoms with Crippen LogP contribution in [0, 0.1) is 0 Å². The molecule has 0 saturated heterocycles. The van der Waals surface area contributed by atoms with Crippen LogP contribution in [0.2, 0.25) is 0 Å². The van der Waals surface area contributed by atoms with E-state index in [0.717, 1.165) is 29.5 Å². The first kappa shape index (κ1) is 21.7. The highest BCUT2D eigenvalue weighted by molar-refractivity contribution is 7.89. The molecule has 156 valence electrons. The van der Waals surface area contributed by atoms with Gasteiger partial charge < -0.3 is 5.32 Å². The quantitative estimate of drug-likeness (QED) is 0.503. The van der Waals surface area contributed by atoms with Crippen LogP contribution in [0.25, 0.3) is 11.1 Å². The first-order chi connectivity index (χ1) is 14.5. The molecule has 0 aliphatic rings. The molecule has 30 heavy (non-hydrogen) atoms. The lowest BCUT2D eigenvalue weighted by Gasteiger charge is -2.09. The van der Waals surface area contributed by atoms with Gasteiger partial charge in [-0.15, -0.1) is 0 Å². The monoisotopic (exact) mass is 422 g/mol. The Hall–Kier alpha value is -2.96. The second-order valence-corrected chi connectivity index (χ2v) is 8.79. The Morgan fingerprint density at radius 1 is 0.833 bits per heavy atom. The van der Waals surface area contributed by atoms with E-state index in [1.165, 1.54) is 0 Å². The molecular formula is C24H26N2O3S. The van der Waals surface area contributed by atoms with E-state index in [4.69, 9.17) is 0 Å². The van der Waals surface area contributed by atoms with Crippen molar-refractivity contribution in [3.8, 4) is 11.1 Å². The van der Waals surface area contributed by atoms with Gasteiger partial charge in [0.2, 0.25) is 10.0 Å². The Balaban J connectivity index is 1.65. The Morgan fingerprint density at radius 3 is 2.03 bits per heavy atom. The minimum absolute atomic E-state index is 0.0825. The first-order valence-corrected chi connectivity index (χ1v) is 11.5. The second-order valence-electron chi connectivity index (χ2n) is 7.02. The fourth-order valence-electron chi connectivity index (χ4n) is 2.98. The molecule has 0 fully saturated rings. The number of sulfonamides is 1. The Morgan fingerprint density at radius 2 is 1.43 bits per heavy atom. The van der Waals surface area contributed by atoms with E-state index >= 15 is 0 Å². The van der Waals surface area contributed by atoms with Crippen molar-refractivity contribution in [3.05, 3.63) is 90.0 Å². The van der Waals surface area contributed by atoms with Crippen LogP contribution < -0.4 is 10.0 Å². The summed E-state index contributed by atoms with van der Waals surface area (Å²) in [5.41, 5.74) is 3.31. The predicted octanol–water partition coefficient (Wildman–Crippen LogP) is 4.36. The van der Waals surface area contributed by atoms with Crippen molar-refractivity contribution < 1.29 is 13.2 Å². The molecule has 0 unspecified atom stereocenters. The molecule has 6 heteroatoms. The molecule has 0 bridgehead atoms. The zero-order valence-electron chi connectivity index (χ0n) is 17.0. The highest BCUT2D eigenvalue weighted by Gasteiger charge is 2.14. The van der Waals surface area contributed by atoms with Crippen LogP contribution in [0.1, 0.15) is 35.7 Å². The molecule has 3 aromatic carbocycles. The van der Waals surface area contributed by atoms with Crippen LogP contribution in [0.15, 0.2) is 83.8 Å². The Bertz CT molecular complexity index is 1060. The standard InChI is InChI=1S/C24H26N2O3S/c1-2-3-17-25-24(27)22-11-9-20(10-12-22)21-13-15-23(16-14-21)30(28,29)26-18-19-7-5-4-6-8-19/h4-16,26H,2-3,17-18H2,1H3,(H,25,27). The number of benzene rings is 3. The summed E-state index contributed by atoms with van der Waals surface area (Å²) in [5, 5.41) is 2.89. The maximum Gasteiger partial charge on any atom is 0.251 e. The van der Waals surface area contributed by atoms with Crippen molar-refractivity contribution in [2.24, 2.45) is 0 Å². The van der Waals surface area contributed by atoms with E-state index in [0.29, 0.717) is 12.1 Å². The van der Waals surface area contributed by atoms with Crippen LogP contribution in [0.4, 0.5) is 0 Å². The zero-order valence-corrected chi connectivity index (χ0v) is 17.8. The third-order valence-electron chi connectivity index (χ3n) is 4.77. The SMILES string of the molecule is CCCCNC(=O)c1ccc(-c2ccc(S(=O)(=O)NCc3ccccc3)cc2)cc1. The van der Waals surface area contributed by atoms with Gasteiger partial charge in [0.15, 0.2) is 0 Å². The lowest BCUT2D eigenvalue weighted by molar-refractivity contribution is 0.0953. The van der Waals surface area contributed by atoms with Crippen molar-refractivity contribution >= 4 is 15.9 Å². The van der Waals surface area contributed by atoms with Crippen molar-refractivity contribution in [2.45, 2.75) is 31.2 Å². The molecule has 0 heterocycles. The first-order valence-electron chi connectivity index (χ1n) is 10.0. The van der Waals surface area contributed by atoms with Crippen molar-refractivity contribution in [1.29, 1.82) is 0 Å². The van der Waals surface area contributed by atoms with Crippen LogP contribution in [-0.4, -0.2) is 20.9 Å². The van der Waals surface area contributed by atoms with Gasteiger partial charge in [0.1, 0.15) is 0 Å². The van der Waals surface area contributed by atoms with Gasteiger partial charge >= 0.3 is 0 Å². The van der Waals surface area contributed by atoms with E-state index in [9.17, 15) is 13.2 Å². The normalized spacial score (nSPS) is 11.2. The minimum Gasteiger partial charge on any atom is -0.352 e. The number of rotatable bonds is 9. The number of carbonyl (C=O) groups is 1. The smallest absolute Gasteiger partial charge is 0.251 e. The molecule has 3 rings (SSSR count). The summed E-state index contributed by atoms with van der Waals surface area (Å²) in [7, 11) is -3.59. The van der Waals surface area contributed by atoms with Crippen LogP contribution in [-0.2, 0) is 16.6 Å². The van der Waals surface area contributed by atoms with E-state index in [1.807, 2.05) is 42.5 Å². The second kappa shape index (κ2) is 10.2. The molecular weight excluding hydrogens is 396 g/mol. The zero-order chi connectivity index (χ0) is 21.4. The van der Waals surface area contributed by atoms with E-state index in [-0.39, 0.29) is 17.3 Å². The largest absolute Gasteiger partial charge is 0.352 e. The molecule has 3 aromatic rings. The Labute approximate surface area is 178 Å². The molecule has 0 radical (unpaired) electrons. The molecule has 0 aliphatic carbocycles. The van der Waals surface area contributed by atoms with Gasteiger partial charge in [-0.3, -0.25) is 4.79 Å². The van der Waals surface area contributed by atoms with Gasteiger partial charge in [0, 0.05) is 18.7 Å². The lowest BCUT2D eigenvalue weighted by Crippen LogP contribution is -2.24. The molecule has 5 nitrogen and oxygen atoms in total. The van der Waals surface area contributed by atoms with Gasteiger partial charge in [-0.05, 0) is 47.4 Å². The lowest BCUT2D eigenvalue weighted by atomic mass is 10.0. The van der Waals surface area contributed by atoms with Gasteiger partial charge in [-0.2, -0.15) is 0 Å². The molecule has 0 aliphatic heterocycles. The number of hydrogen-bond donors (Lipinski definition) is 2. The van der Waals surface area contributed by atoms with Gasteiger partial charge in [0.25, 0.3) is 5.91 Å². The van der Waals surface area contributed by atoms with E-state index < -0.39 is 10.0 Å². The number of unbranched alkanes of at least 4 members (excludes halogenated alkanes) is 1. The van der Waals surface area contributed by atoms with Crippen molar-refractivity contribution in [2.75, 3.05) is 6.54 Å². The van der Waals surface area contributed by atoms with Crippen LogP contribution in [0.5, 0.6) is 0 Å². The van der Waals surface area contributed by atoms with Crippen molar-refractivity contribution in [3.63, 3.8) is 0 Å². The minimum atomic E-state index is -3.59. The molecule has 0 saturated carbocycles. The van der Waals surface area contributed by atoms with E-state index in [1.54, 1.807) is 36.4 Å². The maximum atomic E-state index is 12.5. The summed E-state index contributed by atoms with van der Waals surface area (Å²) in [5.74, 6) is -0.0825. The number of amides is 1. The summed E-state index contributed by atoms with van der Waals surface area (Å²) in [4.78, 5) is 12.3. The molecule has 0 aromatic heterocycles. The predicted molar refractivity (Wildman–Crippen MR) is 120 cm³/mol. The molecule has 2 N–H and O–H groups in total. The summed E-state index contributed by atoms with van der Waals surface area (Å²) >= 11 is 0. The summed E-state index contributed by atoms with van der Waals surface area (Å²) in [6.45, 7) is 2.99. The Kier molecular flexibility index (Phi) is 7.38. The molecule has 0 spiro atoms. The highest BCUT2D eigenvalue weighted by Crippen LogP contribution is 2.22. The van der Waals surface area contributed by atoms with Crippen molar-refractivity contribution in [1.82, 2.24) is 10.0 Å². The number of hydrogen-bond acceptors (Lipinski definition) is 3. The average Bonchev–Trinajstić information content (AvgIpc) is 2.79. The third kappa shape index (κ3) is 5.78. The highest BCUT2D eigenvalue weighted by atomic mass is 32.2. The fraction of sp³-hybridized carbons (Fsp3) is 0.208. The van der Waals surface area contributed by atoms with Gasteiger partial charge in [-0.25, -0.2) is 13.1 Å². The molecule has 0 atom stereocenters. The van der Waals surface area contributed by atoms with E-state index in [2.05, 4.69) is 17.0 Å². The van der Waals surface area contributed by atoms with Gasteiger partial charge in [0.05, 0.1) is 4.90 Å². The topological polar surface area (TPSA) is 75.3 Å². The van der Waals surface area contributed by atoms with Gasteiger partial charge in [-0.1, -0.05) is 67.9 Å². The summed E-state index contributed by atoms with van der Waals surface area (Å²) in [6, 6.07) is 23.4. The fourth-order valence-corrected chi connectivity index (χ4v) is 4.00. The number of carbonyl (C=O) groups excluding carboxylic acids is 1. The third-order valence-corrected chi connectivity index (χ3v) is 6.19. The number of nitrogens with one attached hydrogen (secondary N) is 2. The van der Waals surface area contributed by atoms with Crippen LogP contribution >= 0.6 is 0 Å². The molecule has 1 amide bonds. The summed E-state index contributed by atoms with van der Waals surface area (Å²) in [6.07, 6.45) is 1.99. The average molecular weight is 423 g/mol.